The van der Waals surface area contributed by atoms with Gasteiger partial charge < -0.3 is 10.0 Å². The second-order valence-corrected chi connectivity index (χ2v) is 3.79. The Labute approximate surface area is 82.2 Å². The number of anilines is 1. The van der Waals surface area contributed by atoms with E-state index in [1.165, 1.54) is 6.07 Å². The van der Waals surface area contributed by atoms with Gasteiger partial charge in [-0.1, -0.05) is 0 Å². The molecule has 1 aliphatic rings. The highest BCUT2D eigenvalue weighted by Gasteiger charge is 2.34. The average molecular weight is 196 g/mol. The van der Waals surface area contributed by atoms with Crippen LogP contribution >= 0.6 is 0 Å². The van der Waals surface area contributed by atoms with Crippen LogP contribution in [0.2, 0.25) is 0 Å². The molecule has 0 amide bonds. The summed E-state index contributed by atoms with van der Waals surface area (Å²) in [6.07, 6.45) is -0.319. The first-order valence-electron chi connectivity index (χ1n) is 4.67. The molecule has 2 unspecified atom stereocenters. The van der Waals surface area contributed by atoms with Gasteiger partial charge in [0, 0.05) is 6.54 Å². The van der Waals surface area contributed by atoms with Gasteiger partial charge in [0.15, 0.2) is 0 Å². The molecule has 0 saturated carbocycles. The predicted octanol–water partition coefficient (Wildman–Crippen LogP) is 1.10. The van der Waals surface area contributed by atoms with E-state index in [1.54, 1.807) is 0 Å². The maximum atomic E-state index is 13.0. The van der Waals surface area contributed by atoms with Gasteiger partial charge >= 0.3 is 0 Å². The molecule has 1 aromatic rings. The lowest BCUT2D eigenvalue weighted by Crippen LogP contribution is -2.59. The minimum Gasteiger partial charge on any atom is -0.389 e. The highest BCUT2D eigenvalue weighted by molar-refractivity contribution is 5.45. The van der Waals surface area contributed by atoms with Gasteiger partial charge in [-0.3, -0.25) is 0 Å². The van der Waals surface area contributed by atoms with Crippen LogP contribution in [0.5, 0.6) is 0 Å². The SMILES string of the molecule is Cc1cc(F)nc(N2CC(O)C2C)c1. The summed E-state index contributed by atoms with van der Waals surface area (Å²) >= 11 is 0. The van der Waals surface area contributed by atoms with Crippen molar-refractivity contribution in [2.24, 2.45) is 0 Å². The normalized spacial score (nSPS) is 26.1. The van der Waals surface area contributed by atoms with E-state index >= 15 is 0 Å². The summed E-state index contributed by atoms with van der Waals surface area (Å²) in [5.41, 5.74) is 0.848. The van der Waals surface area contributed by atoms with Crippen molar-refractivity contribution in [1.29, 1.82) is 0 Å². The minimum atomic E-state index is -0.464. The van der Waals surface area contributed by atoms with Gasteiger partial charge in [0.1, 0.15) is 5.82 Å². The van der Waals surface area contributed by atoms with Gasteiger partial charge in [-0.15, -0.1) is 0 Å². The molecule has 3 nitrogen and oxygen atoms in total. The molecule has 1 aromatic heterocycles. The zero-order chi connectivity index (χ0) is 10.3. The molecular formula is C10H13FN2O. The van der Waals surface area contributed by atoms with Gasteiger partial charge in [0.25, 0.3) is 0 Å². The van der Waals surface area contributed by atoms with Gasteiger partial charge in [-0.05, 0) is 31.5 Å². The molecule has 1 saturated heterocycles. The van der Waals surface area contributed by atoms with E-state index in [1.807, 2.05) is 24.8 Å². The number of aryl methyl sites for hydroxylation is 1. The molecule has 0 spiro atoms. The molecule has 0 aliphatic carbocycles. The average Bonchev–Trinajstić information content (AvgIpc) is 2.11. The molecule has 2 atom stereocenters. The fourth-order valence-electron chi connectivity index (χ4n) is 1.65. The number of aliphatic hydroxyl groups is 1. The summed E-state index contributed by atoms with van der Waals surface area (Å²) < 4.78 is 13.0. The fourth-order valence-corrected chi connectivity index (χ4v) is 1.65. The molecule has 2 heterocycles. The van der Waals surface area contributed by atoms with Crippen LogP contribution in [0.25, 0.3) is 0 Å². The first kappa shape index (κ1) is 9.40. The maximum Gasteiger partial charge on any atom is 0.215 e. The van der Waals surface area contributed by atoms with Crippen LogP contribution in [-0.2, 0) is 0 Å². The Hall–Kier alpha value is -1.16. The van der Waals surface area contributed by atoms with E-state index in [-0.39, 0.29) is 12.1 Å². The van der Waals surface area contributed by atoms with Crippen LogP contribution < -0.4 is 4.90 Å². The molecule has 1 fully saturated rings. The number of rotatable bonds is 1. The van der Waals surface area contributed by atoms with Crippen LogP contribution in [0.4, 0.5) is 10.2 Å². The third kappa shape index (κ3) is 1.46. The third-order valence-corrected chi connectivity index (χ3v) is 2.65. The molecule has 4 heteroatoms. The number of aliphatic hydroxyl groups excluding tert-OH is 1. The monoisotopic (exact) mass is 196 g/mol. The number of pyridine rings is 1. The summed E-state index contributed by atoms with van der Waals surface area (Å²) in [6.45, 7) is 4.27. The van der Waals surface area contributed by atoms with E-state index in [2.05, 4.69) is 4.98 Å². The number of β-amino-alcohol motifs (C(OH)–C–C–N with tert-alkyl or cyclic N) is 1. The molecular weight excluding hydrogens is 183 g/mol. The largest absolute Gasteiger partial charge is 0.389 e. The van der Waals surface area contributed by atoms with Crippen molar-refractivity contribution in [3.8, 4) is 0 Å². The Kier molecular flexibility index (Phi) is 2.15. The Morgan fingerprint density at radius 3 is 2.79 bits per heavy atom. The topological polar surface area (TPSA) is 36.4 Å². The predicted molar refractivity (Wildman–Crippen MR) is 51.7 cm³/mol. The molecule has 76 valence electrons. The fraction of sp³-hybridized carbons (Fsp3) is 0.500. The van der Waals surface area contributed by atoms with Gasteiger partial charge in [0.2, 0.25) is 5.95 Å². The Balaban J connectivity index is 2.25. The third-order valence-electron chi connectivity index (χ3n) is 2.65. The zero-order valence-electron chi connectivity index (χ0n) is 8.24. The molecule has 0 aromatic carbocycles. The van der Waals surface area contributed by atoms with Crippen molar-refractivity contribution < 1.29 is 9.50 Å². The van der Waals surface area contributed by atoms with E-state index < -0.39 is 5.95 Å². The Morgan fingerprint density at radius 2 is 2.29 bits per heavy atom. The Morgan fingerprint density at radius 1 is 1.57 bits per heavy atom. The van der Waals surface area contributed by atoms with E-state index in [9.17, 15) is 9.50 Å². The minimum absolute atomic E-state index is 0.0312. The molecule has 2 rings (SSSR count). The molecule has 1 N–H and O–H groups in total. The highest BCUT2D eigenvalue weighted by Crippen LogP contribution is 2.25. The van der Waals surface area contributed by atoms with Crippen molar-refractivity contribution in [3.05, 3.63) is 23.6 Å². The summed E-state index contributed by atoms with van der Waals surface area (Å²) in [6, 6.07) is 3.25. The van der Waals surface area contributed by atoms with Crippen LogP contribution in [0, 0.1) is 12.9 Å². The number of hydrogen-bond donors (Lipinski definition) is 1. The molecule has 0 bridgehead atoms. The summed E-state index contributed by atoms with van der Waals surface area (Å²) in [4.78, 5) is 5.68. The summed E-state index contributed by atoms with van der Waals surface area (Å²) in [7, 11) is 0. The van der Waals surface area contributed by atoms with Crippen molar-refractivity contribution in [2.75, 3.05) is 11.4 Å². The standard InChI is InChI=1S/C10H13FN2O/c1-6-3-9(11)12-10(4-6)13-5-8(14)7(13)2/h3-4,7-8,14H,5H2,1-2H3. The van der Waals surface area contributed by atoms with Crippen LogP contribution in [0.15, 0.2) is 12.1 Å². The van der Waals surface area contributed by atoms with Gasteiger partial charge in [-0.25, -0.2) is 4.98 Å². The maximum absolute atomic E-state index is 13.0. The second-order valence-electron chi connectivity index (χ2n) is 3.79. The quantitative estimate of drug-likeness (QED) is 0.683. The zero-order valence-corrected chi connectivity index (χ0v) is 8.24. The van der Waals surface area contributed by atoms with Crippen molar-refractivity contribution in [2.45, 2.75) is 26.0 Å². The Bertz CT molecular complexity index is 336. The van der Waals surface area contributed by atoms with E-state index in [4.69, 9.17) is 0 Å². The van der Waals surface area contributed by atoms with Crippen LogP contribution in [0.3, 0.4) is 0 Å². The highest BCUT2D eigenvalue weighted by atomic mass is 19.1. The van der Waals surface area contributed by atoms with E-state index in [0.29, 0.717) is 12.4 Å². The number of hydrogen-bond acceptors (Lipinski definition) is 3. The lowest BCUT2D eigenvalue weighted by atomic mass is 10.0. The summed E-state index contributed by atoms with van der Waals surface area (Å²) in [5, 5.41) is 9.32. The first-order chi connectivity index (χ1) is 6.58. The van der Waals surface area contributed by atoms with Crippen LogP contribution in [0.1, 0.15) is 12.5 Å². The van der Waals surface area contributed by atoms with Crippen molar-refractivity contribution >= 4 is 5.82 Å². The number of aromatic nitrogens is 1. The number of halogens is 1. The van der Waals surface area contributed by atoms with E-state index in [0.717, 1.165) is 5.56 Å². The molecule has 1 aliphatic heterocycles. The lowest BCUT2D eigenvalue weighted by Gasteiger charge is -2.44. The van der Waals surface area contributed by atoms with Gasteiger partial charge in [-0.2, -0.15) is 4.39 Å². The first-order valence-corrected chi connectivity index (χ1v) is 4.67. The summed E-state index contributed by atoms with van der Waals surface area (Å²) in [5.74, 6) is 0.147. The smallest absolute Gasteiger partial charge is 0.215 e. The van der Waals surface area contributed by atoms with Crippen molar-refractivity contribution in [3.63, 3.8) is 0 Å². The van der Waals surface area contributed by atoms with Crippen molar-refractivity contribution in [1.82, 2.24) is 4.98 Å². The number of nitrogens with zero attached hydrogens (tertiary/aromatic N) is 2. The van der Waals surface area contributed by atoms with Crippen LogP contribution in [-0.4, -0.2) is 28.8 Å². The van der Waals surface area contributed by atoms with Gasteiger partial charge in [0.05, 0.1) is 12.1 Å². The molecule has 14 heavy (non-hydrogen) atoms. The molecule has 0 radical (unpaired) electrons. The second kappa shape index (κ2) is 3.20. The lowest BCUT2D eigenvalue weighted by molar-refractivity contribution is 0.0985.